The number of aryl methyl sites for hydroxylation is 1. The number of nitrogens with one attached hydrogen (secondary N) is 1. The molecule has 0 aliphatic carbocycles. The van der Waals surface area contributed by atoms with Gasteiger partial charge in [0.25, 0.3) is 0 Å². The summed E-state index contributed by atoms with van der Waals surface area (Å²) in [6, 6.07) is 10.1. The Morgan fingerprint density at radius 1 is 1.18 bits per heavy atom. The minimum atomic E-state index is 0.921. The highest BCUT2D eigenvalue weighted by Crippen LogP contribution is 2.17. The van der Waals surface area contributed by atoms with Crippen molar-refractivity contribution in [2.45, 2.75) is 20.3 Å². The predicted molar refractivity (Wildman–Crippen MR) is 71.0 cm³/mol. The van der Waals surface area contributed by atoms with Gasteiger partial charge in [-0.25, -0.2) is 4.98 Å². The van der Waals surface area contributed by atoms with Gasteiger partial charge >= 0.3 is 0 Å². The Hall–Kier alpha value is -1.90. The van der Waals surface area contributed by atoms with Crippen molar-refractivity contribution in [1.82, 2.24) is 9.97 Å². The topological polar surface area (TPSA) is 37.8 Å². The van der Waals surface area contributed by atoms with Crippen LogP contribution in [0.5, 0.6) is 0 Å². The first-order chi connectivity index (χ1) is 8.29. The first kappa shape index (κ1) is 11.6. The number of nitrogens with zero attached hydrogens (tertiary/aromatic N) is 2. The SMILES string of the molecule is CCCNc1cccc(-c2ccc(C)nc2)n1. The van der Waals surface area contributed by atoms with E-state index < -0.39 is 0 Å². The molecule has 0 amide bonds. The lowest BCUT2D eigenvalue weighted by Crippen LogP contribution is -2.02. The zero-order valence-electron chi connectivity index (χ0n) is 10.3. The van der Waals surface area contributed by atoms with Crippen molar-refractivity contribution < 1.29 is 0 Å². The van der Waals surface area contributed by atoms with E-state index >= 15 is 0 Å². The van der Waals surface area contributed by atoms with Gasteiger partial charge in [-0.2, -0.15) is 0 Å². The second-order valence-electron chi connectivity index (χ2n) is 4.02. The van der Waals surface area contributed by atoms with Crippen LogP contribution in [0.2, 0.25) is 0 Å². The van der Waals surface area contributed by atoms with Gasteiger partial charge in [0.05, 0.1) is 5.69 Å². The average molecular weight is 227 g/mol. The van der Waals surface area contributed by atoms with Gasteiger partial charge in [0.1, 0.15) is 5.82 Å². The van der Waals surface area contributed by atoms with E-state index in [2.05, 4.69) is 22.2 Å². The number of hydrogen-bond donors (Lipinski definition) is 1. The molecule has 17 heavy (non-hydrogen) atoms. The van der Waals surface area contributed by atoms with E-state index in [9.17, 15) is 0 Å². The molecule has 0 aromatic carbocycles. The van der Waals surface area contributed by atoms with Gasteiger partial charge in [-0.15, -0.1) is 0 Å². The van der Waals surface area contributed by atoms with Gasteiger partial charge in [0.15, 0.2) is 0 Å². The molecule has 2 aromatic rings. The molecule has 0 atom stereocenters. The van der Waals surface area contributed by atoms with E-state index in [0.717, 1.165) is 35.7 Å². The minimum absolute atomic E-state index is 0.921. The molecule has 0 saturated carbocycles. The fourth-order valence-corrected chi connectivity index (χ4v) is 1.57. The maximum atomic E-state index is 4.56. The zero-order valence-corrected chi connectivity index (χ0v) is 10.3. The predicted octanol–water partition coefficient (Wildman–Crippen LogP) is 3.27. The average Bonchev–Trinajstić information content (AvgIpc) is 2.37. The molecule has 0 saturated heterocycles. The Bertz CT molecular complexity index is 477. The maximum absolute atomic E-state index is 4.56. The second-order valence-corrected chi connectivity index (χ2v) is 4.02. The van der Waals surface area contributed by atoms with Crippen molar-refractivity contribution in [3.05, 3.63) is 42.2 Å². The highest BCUT2D eigenvalue weighted by atomic mass is 15.0. The van der Waals surface area contributed by atoms with Crippen LogP contribution in [0.1, 0.15) is 19.0 Å². The first-order valence-electron chi connectivity index (χ1n) is 5.93. The van der Waals surface area contributed by atoms with Gasteiger partial charge in [-0.3, -0.25) is 4.98 Å². The molecule has 0 fully saturated rings. The largest absolute Gasteiger partial charge is 0.370 e. The van der Waals surface area contributed by atoms with Crippen LogP contribution in [0.3, 0.4) is 0 Å². The summed E-state index contributed by atoms with van der Waals surface area (Å²) in [5.74, 6) is 0.921. The lowest BCUT2D eigenvalue weighted by atomic mass is 10.2. The van der Waals surface area contributed by atoms with E-state index in [-0.39, 0.29) is 0 Å². The van der Waals surface area contributed by atoms with Gasteiger partial charge in [-0.1, -0.05) is 13.0 Å². The van der Waals surface area contributed by atoms with Crippen molar-refractivity contribution in [3.8, 4) is 11.3 Å². The second kappa shape index (κ2) is 5.43. The van der Waals surface area contributed by atoms with Gasteiger partial charge in [-0.05, 0) is 37.6 Å². The molecule has 2 heterocycles. The molecule has 88 valence electrons. The highest BCUT2D eigenvalue weighted by Gasteiger charge is 2.00. The molecule has 0 bridgehead atoms. The first-order valence-corrected chi connectivity index (χ1v) is 5.93. The minimum Gasteiger partial charge on any atom is -0.370 e. The molecule has 0 aliphatic heterocycles. The summed E-state index contributed by atoms with van der Waals surface area (Å²) in [7, 11) is 0. The van der Waals surface area contributed by atoms with Crippen molar-refractivity contribution in [3.63, 3.8) is 0 Å². The standard InChI is InChI=1S/C14H17N3/c1-3-9-15-14-6-4-5-13(17-14)12-8-7-11(2)16-10-12/h4-8,10H,3,9H2,1-2H3,(H,15,17). The zero-order chi connectivity index (χ0) is 12.1. The molecule has 1 N–H and O–H groups in total. The van der Waals surface area contributed by atoms with Crippen LogP contribution in [0.4, 0.5) is 5.82 Å². The Kier molecular flexibility index (Phi) is 3.70. The molecule has 0 aliphatic rings. The Morgan fingerprint density at radius 3 is 2.76 bits per heavy atom. The summed E-state index contributed by atoms with van der Waals surface area (Å²) in [5.41, 5.74) is 3.03. The van der Waals surface area contributed by atoms with Gasteiger partial charge in [0.2, 0.25) is 0 Å². The maximum Gasteiger partial charge on any atom is 0.126 e. The third kappa shape index (κ3) is 3.03. The fourth-order valence-electron chi connectivity index (χ4n) is 1.57. The summed E-state index contributed by atoms with van der Waals surface area (Å²) < 4.78 is 0. The molecule has 3 heteroatoms. The molecule has 0 radical (unpaired) electrons. The summed E-state index contributed by atoms with van der Waals surface area (Å²) >= 11 is 0. The smallest absolute Gasteiger partial charge is 0.126 e. The molecular formula is C14H17N3. The number of rotatable bonds is 4. The third-order valence-electron chi connectivity index (χ3n) is 2.51. The van der Waals surface area contributed by atoms with Crippen molar-refractivity contribution >= 4 is 5.82 Å². The molecule has 2 aromatic heterocycles. The van der Waals surface area contributed by atoms with Gasteiger partial charge < -0.3 is 5.32 Å². The number of hydrogen-bond acceptors (Lipinski definition) is 3. The van der Waals surface area contributed by atoms with Crippen LogP contribution < -0.4 is 5.32 Å². The van der Waals surface area contributed by atoms with Crippen LogP contribution in [0.15, 0.2) is 36.5 Å². The fraction of sp³-hybridized carbons (Fsp3) is 0.286. The van der Waals surface area contributed by atoms with E-state index in [4.69, 9.17) is 0 Å². The van der Waals surface area contributed by atoms with E-state index in [0.29, 0.717) is 0 Å². The summed E-state index contributed by atoms with van der Waals surface area (Å²) in [5, 5.41) is 3.28. The van der Waals surface area contributed by atoms with E-state index in [1.807, 2.05) is 43.5 Å². The molecule has 0 spiro atoms. The molecule has 2 rings (SSSR count). The summed E-state index contributed by atoms with van der Waals surface area (Å²) in [6.07, 6.45) is 2.96. The van der Waals surface area contributed by atoms with E-state index in [1.165, 1.54) is 0 Å². The van der Waals surface area contributed by atoms with Gasteiger partial charge in [0, 0.05) is 24.0 Å². The normalized spacial score (nSPS) is 10.2. The Balaban J connectivity index is 2.23. The number of pyridine rings is 2. The third-order valence-corrected chi connectivity index (χ3v) is 2.51. The van der Waals surface area contributed by atoms with Crippen molar-refractivity contribution in [2.75, 3.05) is 11.9 Å². The number of aromatic nitrogens is 2. The summed E-state index contributed by atoms with van der Waals surface area (Å²) in [6.45, 7) is 5.07. The van der Waals surface area contributed by atoms with Crippen LogP contribution in [0.25, 0.3) is 11.3 Å². The van der Waals surface area contributed by atoms with E-state index in [1.54, 1.807) is 0 Å². The Labute approximate surface area is 102 Å². The highest BCUT2D eigenvalue weighted by molar-refractivity contribution is 5.60. The molecule has 3 nitrogen and oxygen atoms in total. The molecule has 0 unspecified atom stereocenters. The monoisotopic (exact) mass is 227 g/mol. The van der Waals surface area contributed by atoms with Crippen molar-refractivity contribution in [2.24, 2.45) is 0 Å². The quantitative estimate of drug-likeness (QED) is 0.871. The number of anilines is 1. The van der Waals surface area contributed by atoms with Crippen LogP contribution in [-0.4, -0.2) is 16.5 Å². The van der Waals surface area contributed by atoms with Crippen molar-refractivity contribution in [1.29, 1.82) is 0 Å². The van der Waals surface area contributed by atoms with Crippen LogP contribution in [-0.2, 0) is 0 Å². The Morgan fingerprint density at radius 2 is 2.06 bits per heavy atom. The molecular weight excluding hydrogens is 210 g/mol. The lowest BCUT2D eigenvalue weighted by molar-refractivity contribution is 0.970. The lowest BCUT2D eigenvalue weighted by Gasteiger charge is -2.06. The van der Waals surface area contributed by atoms with Crippen LogP contribution >= 0.6 is 0 Å². The summed E-state index contributed by atoms with van der Waals surface area (Å²) in [4.78, 5) is 8.85. The van der Waals surface area contributed by atoms with Crippen LogP contribution in [0, 0.1) is 6.92 Å².